The van der Waals surface area contributed by atoms with Crippen LogP contribution in [0.1, 0.15) is 125 Å². The highest BCUT2D eigenvalue weighted by atomic mass is 32.2. The van der Waals surface area contributed by atoms with Crippen molar-refractivity contribution in [3.05, 3.63) is 174 Å². The van der Waals surface area contributed by atoms with E-state index >= 15 is 0 Å². The number of ketones is 1. The SMILES string of the molecule is CCOC(=O)C1=NOC(c2ccccc2)(c2ccccc2)C1.CCc1cc(C)cc(CC)c1-c1c(OC(=O)C(C)(C)C)n2n(c1=O)CCOCC2.COC(=O)c1sccc1S(=O)(=O)NC(=O)Nc1nc(C)nc(OC)n1.Cc1c(C(=O)c2cnn(C)c2O)ccc(S(C)(=O)=O)c1C1=NOCC1. The van der Waals surface area contributed by atoms with Crippen molar-refractivity contribution in [1.82, 2.24) is 38.8 Å². The van der Waals surface area contributed by atoms with Gasteiger partial charge in [0.25, 0.3) is 15.6 Å². The molecular weight excluding hydrogens is 1370 g/mol. The van der Waals surface area contributed by atoms with E-state index in [2.05, 4.69) is 73.3 Å². The van der Waals surface area contributed by atoms with Crippen LogP contribution < -0.4 is 25.1 Å². The summed E-state index contributed by atoms with van der Waals surface area (Å²) in [5, 5.41) is 25.3. The molecule has 536 valence electrons. The van der Waals surface area contributed by atoms with Crippen molar-refractivity contribution < 1.29 is 79.3 Å². The molecule has 8 aromatic rings. The smallest absolute Gasteiger partial charge is 0.356 e. The number of ether oxygens (including phenoxy) is 5. The zero-order chi connectivity index (χ0) is 73.7. The summed E-state index contributed by atoms with van der Waals surface area (Å²) < 4.78 is 81.1. The van der Waals surface area contributed by atoms with Gasteiger partial charge < -0.3 is 38.5 Å². The third-order valence-corrected chi connectivity index (χ3v) is 19.4. The quantitative estimate of drug-likeness (QED) is 0.0566. The van der Waals surface area contributed by atoms with Gasteiger partial charge in [-0.05, 0) is 107 Å². The molecule has 0 spiro atoms. The summed E-state index contributed by atoms with van der Waals surface area (Å²) in [5.41, 5.74) is 7.12. The number of amides is 2. The Morgan fingerprint density at radius 2 is 1.40 bits per heavy atom. The molecular formula is C69H79N11O18S3. The van der Waals surface area contributed by atoms with Gasteiger partial charge >= 0.3 is 29.9 Å². The van der Waals surface area contributed by atoms with Gasteiger partial charge in [-0.25, -0.2) is 50.0 Å². The maximum atomic E-state index is 13.5. The van der Waals surface area contributed by atoms with Crippen molar-refractivity contribution in [2.75, 3.05) is 52.2 Å². The van der Waals surface area contributed by atoms with Gasteiger partial charge in [0.1, 0.15) is 33.3 Å². The number of benzene rings is 4. The Morgan fingerprint density at radius 3 is 1.94 bits per heavy atom. The fraction of sp³-hybridized carbons (Fsp3) is 0.362. The van der Waals surface area contributed by atoms with Crippen molar-refractivity contribution in [3.8, 4) is 28.9 Å². The number of oxime groups is 2. The Labute approximate surface area is 587 Å². The van der Waals surface area contributed by atoms with Crippen LogP contribution in [-0.4, -0.2) is 144 Å². The first-order chi connectivity index (χ1) is 47.9. The highest BCUT2D eigenvalue weighted by molar-refractivity contribution is 7.91. The molecule has 0 bridgehead atoms. The topological polar surface area (TPSA) is 371 Å². The van der Waals surface area contributed by atoms with Gasteiger partial charge in [0.15, 0.2) is 26.9 Å². The van der Waals surface area contributed by atoms with Crippen LogP contribution in [0.3, 0.4) is 0 Å². The highest BCUT2D eigenvalue weighted by Gasteiger charge is 2.45. The zero-order valence-corrected chi connectivity index (χ0v) is 60.5. The number of urea groups is 1. The number of thiophene rings is 1. The van der Waals surface area contributed by atoms with Crippen molar-refractivity contribution in [3.63, 3.8) is 0 Å². The minimum Gasteiger partial charge on any atom is -0.493 e. The number of aromatic nitrogens is 7. The molecule has 4 aromatic heterocycles. The number of aryl methyl sites for hydroxylation is 5. The van der Waals surface area contributed by atoms with Crippen LogP contribution in [0.25, 0.3) is 11.1 Å². The summed E-state index contributed by atoms with van der Waals surface area (Å²) >= 11 is 0.872. The van der Waals surface area contributed by atoms with E-state index in [0.717, 1.165) is 65.4 Å². The lowest BCUT2D eigenvalue weighted by Crippen LogP contribution is -2.35. The lowest BCUT2D eigenvalue weighted by Gasteiger charge is -2.27. The number of fused-ring (bicyclic) bond motifs is 1. The Hall–Kier alpha value is -10.4. The van der Waals surface area contributed by atoms with Gasteiger partial charge in [-0.2, -0.15) is 20.1 Å². The number of nitrogens with zero attached hydrogens (tertiary/aromatic N) is 9. The Balaban J connectivity index is 0.000000172. The predicted molar refractivity (Wildman–Crippen MR) is 373 cm³/mol. The predicted octanol–water partition coefficient (Wildman–Crippen LogP) is 8.74. The number of methoxy groups -OCH3 is 2. The van der Waals surface area contributed by atoms with Gasteiger partial charge in [0.2, 0.25) is 17.7 Å². The lowest BCUT2D eigenvalue weighted by molar-refractivity contribution is -0.143. The number of carbonyl (C=O) groups excluding carboxylic acids is 5. The molecule has 11 rings (SSSR count). The molecule has 7 heterocycles. The molecule has 0 unspecified atom stereocenters. The van der Waals surface area contributed by atoms with Crippen molar-refractivity contribution in [2.45, 2.75) is 116 Å². The van der Waals surface area contributed by atoms with Crippen molar-refractivity contribution in [2.24, 2.45) is 22.8 Å². The summed E-state index contributed by atoms with van der Waals surface area (Å²) in [6, 6.07) is 26.7. The molecule has 32 heteroatoms. The molecule has 0 saturated heterocycles. The molecule has 3 aliphatic heterocycles. The van der Waals surface area contributed by atoms with Crippen LogP contribution in [0, 0.1) is 26.2 Å². The standard InChI is InChI=1S/C23H32N2O4.C18H17NO3.C16H17N3O5S.C12H13N5O6S2/c1-7-16-13-15(3)14-17(8-2)18(16)19-20(26)24-9-11-28-12-10-25(24)21(19)29-22(27)23(4,5)6;1-2-21-17(20)16-13-18(22-19-16,14-9-5-3-6-10-14)15-11-7-4-8-12-15;1-9-10(15(20)11-8-17-19(2)16(11)21)4-5-13(25(3,22)23)14(9)12-6-7-24-18-12;1-6-13-10(16-12(14-6)23-3)15-11(19)17-25(20,21)7-4-5-24-8(7)9(18)22-2/h13-14H,7-12H2,1-6H3;3-12H,2,13H2,1H3;4-5,8,21H,6-7H2,1-3H3;4-5H,1-3H3,(H2,13,14,15,16,17,19). The average molecular weight is 1450 g/mol. The van der Waals surface area contributed by atoms with E-state index in [4.69, 9.17) is 28.6 Å². The number of sulfonamides is 1. The highest BCUT2D eigenvalue weighted by Crippen LogP contribution is 2.42. The second-order valence-electron chi connectivity index (χ2n) is 23.9. The minimum absolute atomic E-state index is 0.0449. The van der Waals surface area contributed by atoms with Crippen LogP contribution in [0.4, 0.5) is 10.7 Å². The maximum Gasteiger partial charge on any atom is 0.356 e. The summed E-state index contributed by atoms with van der Waals surface area (Å²) in [5.74, 6) is -1.89. The van der Waals surface area contributed by atoms with Crippen LogP contribution in [-0.2, 0) is 91.9 Å². The first-order valence-corrected chi connectivity index (χ1v) is 36.0. The number of sulfone groups is 1. The summed E-state index contributed by atoms with van der Waals surface area (Å²) in [7, 11) is -3.86. The summed E-state index contributed by atoms with van der Waals surface area (Å²) in [6.45, 7) is 19.2. The molecule has 3 aliphatic rings. The van der Waals surface area contributed by atoms with Gasteiger partial charge in [-0.15, -0.1) is 11.3 Å². The largest absolute Gasteiger partial charge is 0.493 e. The summed E-state index contributed by atoms with van der Waals surface area (Å²) in [6.07, 6.45) is 4.79. The van der Waals surface area contributed by atoms with E-state index in [1.54, 1.807) is 27.9 Å². The number of hydrogen-bond donors (Lipinski definition) is 3. The summed E-state index contributed by atoms with van der Waals surface area (Å²) in [4.78, 5) is 96.4. The maximum absolute atomic E-state index is 13.5. The molecule has 2 amide bonds. The van der Waals surface area contributed by atoms with E-state index in [0.29, 0.717) is 86.4 Å². The number of hydrogen-bond acceptors (Lipinski definition) is 25. The van der Waals surface area contributed by atoms with E-state index in [-0.39, 0.29) is 61.0 Å². The number of anilines is 1. The fourth-order valence-electron chi connectivity index (χ4n) is 10.9. The first kappa shape index (κ1) is 76.3. The minimum atomic E-state index is -4.30. The Bertz CT molecular complexity index is 4700. The fourth-order valence-corrected chi connectivity index (χ4v) is 14.1. The van der Waals surface area contributed by atoms with E-state index < -0.39 is 54.6 Å². The molecule has 101 heavy (non-hydrogen) atoms. The molecule has 0 saturated carbocycles. The third kappa shape index (κ3) is 17.6. The molecule has 3 N–H and O–H groups in total. The van der Waals surface area contributed by atoms with Gasteiger partial charge in [-0.3, -0.25) is 19.7 Å². The van der Waals surface area contributed by atoms with E-state index in [1.807, 2.05) is 81.4 Å². The normalized spacial score (nSPS) is 13.8. The molecule has 29 nitrogen and oxygen atoms in total. The molecule has 0 aliphatic carbocycles. The monoisotopic (exact) mass is 1450 g/mol. The van der Waals surface area contributed by atoms with Gasteiger partial charge in [0, 0.05) is 42.0 Å². The number of nitrogens with one attached hydrogen (secondary N) is 2. The van der Waals surface area contributed by atoms with Crippen molar-refractivity contribution >= 4 is 78.3 Å². The van der Waals surface area contributed by atoms with Gasteiger partial charge in [0.05, 0.1) is 75.8 Å². The van der Waals surface area contributed by atoms with Crippen LogP contribution >= 0.6 is 11.3 Å². The molecule has 4 aromatic carbocycles. The van der Waals surface area contributed by atoms with E-state index in [1.165, 1.54) is 61.1 Å². The van der Waals surface area contributed by atoms with Gasteiger partial charge in [-0.1, -0.05) is 103 Å². The van der Waals surface area contributed by atoms with Crippen LogP contribution in [0.2, 0.25) is 0 Å². The van der Waals surface area contributed by atoms with Crippen LogP contribution in [0.15, 0.2) is 127 Å². The zero-order valence-electron chi connectivity index (χ0n) is 58.0. The van der Waals surface area contributed by atoms with Crippen molar-refractivity contribution in [1.29, 1.82) is 0 Å². The lowest BCUT2D eigenvalue weighted by atomic mass is 9.82. The van der Waals surface area contributed by atoms with E-state index in [9.17, 15) is 50.7 Å². The number of esters is 3. The first-order valence-electron chi connectivity index (χ1n) is 31.8. The second kappa shape index (κ2) is 32.7. The Morgan fingerprint density at radius 1 is 0.762 bits per heavy atom. The molecule has 0 atom stereocenters. The average Bonchev–Trinajstić information content (AvgIpc) is 1.66. The molecule has 0 fully saturated rings. The Kier molecular flexibility index (Phi) is 24.7. The third-order valence-electron chi connectivity index (χ3n) is 15.8. The number of rotatable bonds is 17. The van der Waals surface area contributed by atoms with Crippen LogP contribution in [0.5, 0.6) is 17.8 Å². The number of aromatic hydroxyl groups is 1. The second-order valence-corrected chi connectivity index (χ2v) is 28.5. The number of carbonyl (C=O) groups is 5. The molecule has 0 radical (unpaired) electrons.